The van der Waals surface area contributed by atoms with Crippen molar-refractivity contribution in [2.45, 2.75) is 19.4 Å². The van der Waals surface area contributed by atoms with Crippen molar-refractivity contribution in [2.24, 2.45) is 0 Å². The predicted octanol–water partition coefficient (Wildman–Crippen LogP) is 1.65. The molecule has 1 rings (SSSR count). The summed E-state index contributed by atoms with van der Waals surface area (Å²) in [4.78, 5) is 0. The quantitative estimate of drug-likeness (QED) is 0.702. The van der Waals surface area contributed by atoms with Gasteiger partial charge in [-0.15, -0.1) is 0 Å². The zero-order chi connectivity index (χ0) is 10.4. The van der Waals surface area contributed by atoms with Crippen LogP contribution in [0.2, 0.25) is 0 Å². The molecule has 0 aliphatic carbocycles. The van der Waals surface area contributed by atoms with Crippen LogP contribution in [-0.4, -0.2) is 23.8 Å². The molecule has 2 N–H and O–H groups in total. The molecule has 0 aliphatic heterocycles. The van der Waals surface area contributed by atoms with Gasteiger partial charge in [0, 0.05) is 13.1 Å². The molecule has 14 heavy (non-hydrogen) atoms. The minimum atomic E-state index is -0.654. The molecule has 3 nitrogen and oxygen atoms in total. The van der Waals surface area contributed by atoms with Crippen molar-refractivity contribution in [1.82, 2.24) is 5.32 Å². The third kappa shape index (κ3) is 4.84. The van der Waals surface area contributed by atoms with Crippen molar-refractivity contribution in [3.8, 4) is 0 Å². The molecule has 3 heteroatoms. The molecule has 0 atom stereocenters. The van der Waals surface area contributed by atoms with E-state index in [2.05, 4.69) is 5.32 Å². The second-order valence-electron chi connectivity index (χ2n) is 3.86. The number of nitrogens with one attached hydrogen (secondary N) is 1. The second kappa shape index (κ2) is 4.98. The van der Waals surface area contributed by atoms with Crippen molar-refractivity contribution in [3.63, 3.8) is 0 Å². The molecule has 0 fully saturated rings. The largest absolute Gasteiger partial charge is 0.465 e. The summed E-state index contributed by atoms with van der Waals surface area (Å²) in [5.41, 5.74) is -0.654. The van der Waals surface area contributed by atoms with Crippen LogP contribution in [0.1, 0.15) is 19.6 Å². The van der Waals surface area contributed by atoms with Gasteiger partial charge < -0.3 is 14.8 Å². The number of aliphatic hydroxyl groups is 1. The van der Waals surface area contributed by atoms with Crippen molar-refractivity contribution < 1.29 is 9.52 Å². The molecular weight excluding hydrogens is 178 g/mol. The molecule has 0 amide bonds. The molecule has 0 unspecified atom stereocenters. The summed E-state index contributed by atoms with van der Waals surface area (Å²) in [5.74, 6) is 0.843. The Kier molecular flexibility index (Phi) is 3.92. The van der Waals surface area contributed by atoms with Crippen molar-refractivity contribution >= 4 is 6.08 Å². The van der Waals surface area contributed by atoms with E-state index in [0.29, 0.717) is 6.54 Å². The summed E-state index contributed by atoms with van der Waals surface area (Å²) in [6, 6.07) is 3.75. The molecule has 0 radical (unpaired) electrons. The number of furan rings is 1. The Labute approximate surface area is 84.4 Å². The van der Waals surface area contributed by atoms with E-state index < -0.39 is 5.60 Å². The van der Waals surface area contributed by atoms with E-state index >= 15 is 0 Å². The minimum Gasteiger partial charge on any atom is -0.465 e. The molecule has 0 aromatic carbocycles. The molecule has 0 aliphatic rings. The zero-order valence-corrected chi connectivity index (χ0v) is 8.66. The van der Waals surface area contributed by atoms with Gasteiger partial charge in [0.25, 0.3) is 0 Å². The van der Waals surface area contributed by atoms with Crippen LogP contribution in [0.3, 0.4) is 0 Å². The standard InChI is InChI=1S/C11H17NO2/c1-11(2,13)9-12-7-3-5-10-6-4-8-14-10/h3-6,8,12-13H,7,9H2,1-2H3/b5-3+. The van der Waals surface area contributed by atoms with Crippen molar-refractivity contribution in [2.75, 3.05) is 13.1 Å². The van der Waals surface area contributed by atoms with Crippen LogP contribution in [0, 0.1) is 0 Å². The predicted molar refractivity (Wildman–Crippen MR) is 56.9 cm³/mol. The summed E-state index contributed by atoms with van der Waals surface area (Å²) in [6.07, 6.45) is 5.51. The monoisotopic (exact) mass is 195 g/mol. The SMILES string of the molecule is CC(C)(O)CNC/C=C/c1ccco1. The lowest BCUT2D eigenvalue weighted by molar-refractivity contribution is 0.0810. The van der Waals surface area contributed by atoms with Gasteiger partial charge in [-0.25, -0.2) is 0 Å². The van der Waals surface area contributed by atoms with Crippen LogP contribution in [0.25, 0.3) is 6.08 Å². The van der Waals surface area contributed by atoms with E-state index in [-0.39, 0.29) is 0 Å². The first kappa shape index (κ1) is 11.0. The lowest BCUT2D eigenvalue weighted by Gasteiger charge is -2.16. The van der Waals surface area contributed by atoms with Gasteiger partial charge in [-0.3, -0.25) is 0 Å². The highest BCUT2D eigenvalue weighted by molar-refractivity contribution is 5.42. The van der Waals surface area contributed by atoms with E-state index in [0.717, 1.165) is 12.3 Å². The molecule has 1 aromatic heterocycles. The van der Waals surface area contributed by atoms with E-state index in [1.54, 1.807) is 20.1 Å². The maximum Gasteiger partial charge on any atom is 0.126 e. The number of hydrogen-bond donors (Lipinski definition) is 2. The molecule has 1 heterocycles. The maximum absolute atomic E-state index is 9.40. The Morgan fingerprint density at radius 2 is 2.36 bits per heavy atom. The summed E-state index contributed by atoms with van der Waals surface area (Å²) in [6.45, 7) is 4.85. The Bertz CT molecular complexity index is 270. The van der Waals surface area contributed by atoms with Crippen molar-refractivity contribution in [1.29, 1.82) is 0 Å². The smallest absolute Gasteiger partial charge is 0.126 e. The van der Waals surface area contributed by atoms with Crippen LogP contribution < -0.4 is 5.32 Å². The fourth-order valence-electron chi connectivity index (χ4n) is 1.02. The van der Waals surface area contributed by atoms with E-state index in [4.69, 9.17) is 4.42 Å². The molecular formula is C11H17NO2. The van der Waals surface area contributed by atoms with Gasteiger partial charge in [0.1, 0.15) is 5.76 Å². The summed E-state index contributed by atoms with van der Waals surface area (Å²) in [5, 5.41) is 12.5. The first-order chi connectivity index (χ1) is 6.58. The van der Waals surface area contributed by atoms with Gasteiger partial charge >= 0.3 is 0 Å². The highest BCUT2D eigenvalue weighted by atomic mass is 16.3. The Hall–Kier alpha value is -1.06. The van der Waals surface area contributed by atoms with Crippen LogP contribution in [-0.2, 0) is 0 Å². The fourth-order valence-corrected chi connectivity index (χ4v) is 1.02. The fraction of sp³-hybridized carbons (Fsp3) is 0.455. The average molecular weight is 195 g/mol. The van der Waals surface area contributed by atoms with E-state index in [9.17, 15) is 5.11 Å². The molecule has 78 valence electrons. The normalized spacial score (nSPS) is 12.5. The first-order valence-corrected chi connectivity index (χ1v) is 4.71. The van der Waals surface area contributed by atoms with Gasteiger partial charge in [0.05, 0.1) is 11.9 Å². The molecule has 0 spiro atoms. The highest BCUT2D eigenvalue weighted by Crippen LogP contribution is 2.01. The van der Waals surface area contributed by atoms with Crippen LogP contribution in [0.15, 0.2) is 28.9 Å². The lowest BCUT2D eigenvalue weighted by atomic mass is 10.1. The zero-order valence-electron chi connectivity index (χ0n) is 8.66. The second-order valence-corrected chi connectivity index (χ2v) is 3.86. The highest BCUT2D eigenvalue weighted by Gasteiger charge is 2.09. The van der Waals surface area contributed by atoms with E-state index in [1.165, 1.54) is 0 Å². The van der Waals surface area contributed by atoms with Crippen molar-refractivity contribution in [3.05, 3.63) is 30.2 Å². The molecule has 0 saturated heterocycles. The van der Waals surface area contributed by atoms with Crippen LogP contribution >= 0.6 is 0 Å². The third-order valence-electron chi connectivity index (χ3n) is 1.65. The summed E-state index contributed by atoms with van der Waals surface area (Å²) < 4.78 is 5.12. The average Bonchev–Trinajstić information content (AvgIpc) is 2.54. The Morgan fingerprint density at radius 3 is 2.93 bits per heavy atom. The van der Waals surface area contributed by atoms with Gasteiger partial charge in [0.2, 0.25) is 0 Å². The Balaban J connectivity index is 2.16. The number of rotatable bonds is 5. The number of hydrogen-bond acceptors (Lipinski definition) is 3. The Morgan fingerprint density at radius 1 is 1.57 bits per heavy atom. The third-order valence-corrected chi connectivity index (χ3v) is 1.65. The van der Waals surface area contributed by atoms with Gasteiger partial charge in [-0.2, -0.15) is 0 Å². The maximum atomic E-state index is 9.40. The molecule has 0 bridgehead atoms. The van der Waals surface area contributed by atoms with Crippen LogP contribution in [0.5, 0.6) is 0 Å². The first-order valence-electron chi connectivity index (χ1n) is 4.71. The van der Waals surface area contributed by atoms with Gasteiger partial charge in [-0.1, -0.05) is 6.08 Å². The summed E-state index contributed by atoms with van der Waals surface area (Å²) in [7, 11) is 0. The molecule has 0 saturated carbocycles. The summed E-state index contributed by atoms with van der Waals surface area (Å²) >= 11 is 0. The van der Waals surface area contributed by atoms with E-state index in [1.807, 2.05) is 24.3 Å². The topological polar surface area (TPSA) is 45.4 Å². The lowest BCUT2D eigenvalue weighted by Crippen LogP contribution is -2.34. The molecule has 1 aromatic rings. The minimum absolute atomic E-state index is 0.579. The van der Waals surface area contributed by atoms with Gasteiger partial charge in [-0.05, 0) is 32.1 Å². The van der Waals surface area contributed by atoms with Gasteiger partial charge in [0.15, 0.2) is 0 Å². The van der Waals surface area contributed by atoms with Crippen LogP contribution in [0.4, 0.5) is 0 Å².